The first kappa shape index (κ1) is 14.9. The van der Waals surface area contributed by atoms with Crippen LogP contribution in [0.25, 0.3) is 0 Å². The summed E-state index contributed by atoms with van der Waals surface area (Å²) in [4.78, 5) is 6.27. The van der Waals surface area contributed by atoms with Gasteiger partial charge in [0.25, 0.3) is 0 Å². The summed E-state index contributed by atoms with van der Waals surface area (Å²) in [6.45, 7) is 1.92. The Morgan fingerprint density at radius 3 is 2.91 bits per heavy atom. The van der Waals surface area contributed by atoms with E-state index in [2.05, 4.69) is 10.4 Å². The van der Waals surface area contributed by atoms with Gasteiger partial charge in [0.05, 0.1) is 13.2 Å². The van der Waals surface area contributed by atoms with E-state index in [1.165, 1.54) is 0 Å². The number of benzene rings is 1. The van der Waals surface area contributed by atoms with Gasteiger partial charge in [0.2, 0.25) is 5.96 Å². The van der Waals surface area contributed by atoms with Crippen molar-refractivity contribution in [2.45, 2.75) is 12.8 Å². The van der Waals surface area contributed by atoms with Crippen molar-refractivity contribution in [1.82, 2.24) is 10.3 Å². The fourth-order valence-electron chi connectivity index (χ4n) is 2.49. The molecule has 0 spiro atoms. The molecule has 0 atom stereocenters. The number of hydrogen-bond donors (Lipinski definition) is 3. The van der Waals surface area contributed by atoms with Gasteiger partial charge in [-0.1, -0.05) is 0 Å². The van der Waals surface area contributed by atoms with Crippen molar-refractivity contribution < 1.29 is 15.2 Å². The van der Waals surface area contributed by atoms with E-state index < -0.39 is 0 Å². The standard InChI is InChI=1S/C14H21N5O3/c1-17(2)6-5-15-14-16-19(21)12-9-13-10(4-3-7-22-13)8-11(12)18(14)20/h8-9,20-21H,3-7H2,1-2H3,(H,15,16). The van der Waals surface area contributed by atoms with Gasteiger partial charge < -0.3 is 9.64 Å². The molecule has 2 aliphatic heterocycles. The van der Waals surface area contributed by atoms with Gasteiger partial charge >= 0.3 is 0 Å². The first-order valence-electron chi connectivity index (χ1n) is 7.30. The first-order chi connectivity index (χ1) is 10.6. The minimum atomic E-state index is 0.188. The number of aliphatic imine (C=N–C) groups is 1. The summed E-state index contributed by atoms with van der Waals surface area (Å²) in [6, 6.07) is 3.55. The zero-order valence-corrected chi connectivity index (χ0v) is 12.8. The Kier molecular flexibility index (Phi) is 4.06. The van der Waals surface area contributed by atoms with E-state index in [0.717, 1.165) is 40.9 Å². The number of likely N-dealkylation sites (N-methyl/N-ethyl adjacent to an activating group) is 1. The lowest BCUT2D eigenvalue weighted by Crippen LogP contribution is -2.53. The Labute approximate surface area is 129 Å². The summed E-state index contributed by atoms with van der Waals surface area (Å²) >= 11 is 0. The predicted octanol–water partition coefficient (Wildman–Crippen LogP) is 0.839. The summed E-state index contributed by atoms with van der Waals surface area (Å²) in [7, 11) is 3.90. The number of fused-ring (bicyclic) bond motifs is 2. The number of hydroxylamine groups is 1. The van der Waals surface area contributed by atoms with Crippen LogP contribution in [0.2, 0.25) is 0 Å². The third-order valence-corrected chi connectivity index (χ3v) is 3.68. The van der Waals surface area contributed by atoms with E-state index in [4.69, 9.17) is 4.74 Å². The number of guanidine groups is 1. The molecule has 3 rings (SSSR count). The van der Waals surface area contributed by atoms with E-state index in [-0.39, 0.29) is 5.96 Å². The number of hydrogen-bond acceptors (Lipinski definition) is 6. The highest BCUT2D eigenvalue weighted by atomic mass is 16.6. The number of nitrogens with one attached hydrogen (secondary N) is 1. The fourth-order valence-corrected chi connectivity index (χ4v) is 2.49. The van der Waals surface area contributed by atoms with Crippen LogP contribution in [0, 0.1) is 0 Å². The number of nitrogens with zero attached hydrogens (tertiary/aromatic N) is 4. The van der Waals surface area contributed by atoms with Crippen molar-refractivity contribution in [2.24, 2.45) is 4.99 Å². The molecule has 0 fully saturated rings. The highest BCUT2D eigenvalue weighted by molar-refractivity contribution is 6.01. The van der Waals surface area contributed by atoms with E-state index in [0.29, 0.717) is 24.5 Å². The molecule has 0 saturated heterocycles. The Balaban J connectivity index is 1.89. The smallest absolute Gasteiger partial charge is 0.244 e. The van der Waals surface area contributed by atoms with Crippen LogP contribution in [0.4, 0.5) is 11.4 Å². The molecule has 0 amide bonds. The molecular weight excluding hydrogens is 286 g/mol. The summed E-state index contributed by atoms with van der Waals surface area (Å²) in [5.41, 5.74) is 4.57. The van der Waals surface area contributed by atoms with Crippen molar-refractivity contribution in [3.63, 3.8) is 0 Å². The van der Waals surface area contributed by atoms with Gasteiger partial charge in [-0.25, -0.2) is 10.4 Å². The molecule has 1 aromatic rings. The van der Waals surface area contributed by atoms with Crippen LogP contribution >= 0.6 is 0 Å². The van der Waals surface area contributed by atoms with Crippen LogP contribution in [0.5, 0.6) is 5.75 Å². The highest BCUT2D eigenvalue weighted by Gasteiger charge is 2.28. The molecule has 0 saturated carbocycles. The maximum atomic E-state index is 10.4. The normalized spacial score (nSPS) is 18.9. The van der Waals surface area contributed by atoms with Crippen molar-refractivity contribution in [3.8, 4) is 5.75 Å². The molecular formula is C14H21N5O3. The third kappa shape index (κ3) is 2.80. The summed E-state index contributed by atoms with van der Waals surface area (Å²) in [6.07, 6.45) is 1.84. The lowest BCUT2D eigenvalue weighted by molar-refractivity contribution is 0.215. The lowest BCUT2D eigenvalue weighted by Gasteiger charge is -2.34. The zero-order valence-electron chi connectivity index (χ0n) is 12.8. The molecule has 8 heteroatoms. The zero-order chi connectivity index (χ0) is 15.7. The molecule has 2 aliphatic rings. The number of anilines is 2. The topological polar surface area (TPSA) is 83.8 Å². The molecule has 0 aliphatic carbocycles. The monoisotopic (exact) mass is 307 g/mol. The molecule has 2 heterocycles. The van der Waals surface area contributed by atoms with Crippen molar-refractivity contribution >= 4 is 17.3 Å². The molecule has 3 N–H and O–H groups in total. The quantitative estimate of drug-likeness (QED) is 0.763. The second kappa shape index (κ2) is 5.99. The van der Waals surface area contributed by atoms with Gasteiger partial charge in [-0.05, 0) is 38.6 Å². The van der Waals surface area contributed by atoms with Crippen LogP contribution in [0.3, 0.4) is 0 Å². The maximum absolute atomic E-state index is 10.4. The fraction of sp³-hybridized carbons (Fsp3) is 0.500. The molecule has 22 heavy (non-hydrogen) atoms. The lowest BCUT2D eigenvalue weighted by atomic mass is 10.0. The van der Waals surface area contributed by atoms with Crippen LogP contribution in [0.15, 0.2) is 17.1 Å². The molecule has 0 bridgehead atoms. The van der Waals surface area contributed by atoms with Gasteiger partial charge in [0.1, 0.15) is 17.1 Å². The van der Waals surface area contributed by atoms with Gasteiger partial charge in [0, 0.05) is 12.6 Å². The van der Waals surface area contributed by atoms with Crippen molar-refractivity contribution in [2.75, 3.05) is 44.0 Å². The molecule has 8 nitrogen and oxygen atoms in total. The highest BCUT2D eigenvalue weighted by Crippen LogP contribution is 2.38. The minimum Gasteiger partial charge on any atom is -0.493 e. The largest absolute Gasteiger partial charge is 0.493 e. The van der Waals surface area contributed by atoms with E-state index >= 15 is 0 Å². The molecule has 120 valence electrons. The second-order valence-electron chi connectivity index (χ2n) is 5.64. The summed E-state index contributed by atoms with van der Waals surface area (Å²) in [5, 5.41) is 22.3. The van der Waals surface area contributed by atoms with Gasteiger partial charge in [0.15, 0.2) is 0 Å². The van der Waals surface area contributed by atoms with Crippen molar-refractivity contribution in [1.29, 1.82) is 0 Å². The second-order valence-corrected chi connectivity index (χ2v) is 5.64. The van der Waals surface area contributed by atoms with E-state index in [1.54, 1.807) is 6.07 Å². The molecule has 0 radical (unpaired) electrons. The van der Waals surface area contributed by atoms with Crippen LogP contribution in [-0.2, 0) is 6.42 Å². The Morgan fingerprint density at radius 2 is 2.14 bits per heavy atom. The average molecular weight is 307 g/mol. The number of hydrazine groups is 1. The van der Waals surface area contributed by atoms with Crippen LogP contribution < -0.4 is 20.4 Å². The first-order valence-corrected chi connectivity index (χ1v) is 7.30. The predicted molar refractivity (Wildman–Crippen MR) is 82.8 cm³/mol. The number of aryl methyl sites for hydroxylation is 1. The Morgan fingerprint density at radius 1 is 1.32 bits per heavy atom. The van der Waals surface area contributed by atoms with Crippen molar-refractivity contribution in [3.05, 3.63) is 17.7 Å². The van der Waals surface area contributed by atoms with Crippen LogP contribution in [-0.4, -0.2) is 55.1 Å². The average Bonchev–Trinajstić information content (AvgIpc) is 2.50. The van der Waals surface area contributed by atoms with Gasteiger partial charge in [-0.2, -0.15) is 10.2 Å². The molecule has 0 unspecified atom stereocenters. The number of ether oxygens (including phenoxy) is 1. The van der Waals surface area contributed by atoms with Gasteiger partial charge in [-0.15, -0.1) is 0 Å². The maximum Gasteiger partial charge on any atom is 0.244 e. The minimum absolute atomic E-state index is 0.188. The Bertz CT molecular complexity index is 590. The molecule has 1 aromatic carbocycles. The summed E-state index contributed by atoms with van der Waals surface area (Å²) < 4.78 is 5.59. The SMILES string of the molecule is CN(C)CCN=C1NN(O)c2cc3c(cc2N1O)CCCO3. The summed E-state index contributed by atoms with van der Waals surface area (Å²) in [5.74, 6) is 0.931. The van der Waals surface area contributed by atoms with Crippen LogP contribution in [0.1, 0.15) is 12.0 Å². The van der Waals surface area contributed by atoms with E-state index in [1.807, 2.05) is 25.1 Å². The van der Waals surface area contributed by atoms with E-state index in [9.17, 15) is 10.4 Å². The Hall–Kier alpha value is -2.03. The molecule has 0 aromatic heterocycles. The van der Waals surface area contributed by atoms with Gasteiger partial charge in [-0.3, -0.25) is 10.4 Å². The number of rotatable bonds is 3. The third-order valence-electron chi connectivity index (χ3n) is 3.68.